The van der Waals surface area contributed by atoms with E-state index in [0.717, 1.165) is 31.4 Å². The summed E-state index contributed by atoms with van der Waals surface area (Å²) in [5.74, 6) is 1.27. The third-order valence-corrected chi connectivity index (χ3v) is 3.94. The van der Waals surface area contributed by atoms with E-state index in [2.05, 4.69) is 31.3 Å². The SMILES string of the molecule is CC(C)CC(Nc1ccccc1)C1CCCCC1=O. The van der Waals surface area contributed by atoms with Crippen LogP contribution in [-0.4, -0.2) is 11.8 Å². The molecule has 0 radical (unpaired) electrons. The van der Waals surface area contributed by atoms with Gasteiger partial charge in [-0.25, -0.2) is 0 Å². The van der Waals surface area contributed by atoms with Crippen molar-refractivity contribution in [3.8, 4) is 0 Å². The number of hydrogen-bond acceptors (Lipinski definition) is 2. The van der Waals surface area contributed by atoms with Gasteiger partial charge in [0.2, 0.25) is 0 Å². The molecule has 1 aromatic carbocycles. The van der Waals surface area contributed by atoms with Crippen LogP contribution < -0.4 is 5.32 Å². The highest BCUT2D eigenvalue weighted by atomic mass is 16.1. The molecule has 2 unspecified atom stereocenters. The van der Waals surface area contributed by atoms with E-state index in [1.54, 1.807) is 0 Å². The molecule has 0 amide bonds. The fourth-order valence-corrected chi connectivity index (χ4v) is 3.02. The predicted octanol–water partition coefficient (Wildman–Crippen LogP) is 4.27. The number of benzene rings is 1. The maximum Gasteiger partial charge on any atom is 0.138 e. The molecule has 0 heterocycles. The second-order valence-corrected chi connectivity index (χ2v) is 6.06. The second-order valence-electron chi connectivity index (χ2n) is 6.06. The predicted molar refractivity (Wildman–Crippen MR) is 80.3 cm³/mol. The molecule has 19 heavy (non-hydrogen) atoms. The van der Waals surface area contributed by atoms with E-state index in [4.69, 9.17) is 0 Å². The Kier molecular flexibility index (Phi) is 5.00. The largest absolute Gasteiger partial charge is 0.382 e. The third kappa shape index (κ3) is 4.09. The molecule has 2 rings (SSSR count). The molecule has 1 fully saturated rings. The van der Waals surface area contributed by atoms with Crippen molar-refractivity contribution in [1.82, 2.24) is 0 Å². The zero-order valence-corrected chi connectivity index (χ0v) is 12.1. The zero-order chi connectivity index (χ0) is 13.7. The quantitative estimate of drug-likeness (QED) is 0.855. The van der Waals surface area contributed by atoms with Crippen molar-refractivity contribution in [2.24, 2.45) is 11.8 Å². The topological polar surface area (TPSA) is 29.1 Å². The van der Waals surface area contributed by atoms with Crippen LogP contribution in [0.15, 0.2) is 30.3 Å². The Morgan fingerprint density at radius 2 is 1.95 bits per heavy atom. The first-order valence-corrected chi connectivity index (χ1v) is 7.51. The third-order valence-electron chi connectivity index (χ3n) is 3.94. The number of ketones is 1. The Hall–Kier alpha value is -1.31. The van der Waals surface area contributed by atoms with Gasteiger partial charge in [-0.3, -0.25) is 4.79 Å². The van der Waals surface area contributed by atoms with Gasteiger partial charge in [0.15, 0.2) is 0 Å². The van der Waals surface area contributed by atoms with Gasteiger partial charge in [-0.15, -0.1) is 0 Å². The van der Waals surface area contributed by atoms with E-state index < -0.39 is 0 Å². The maximum absolute atomic E-state index is 12.2. The molecule has 1 aliphatic rings. The molecule has 0 aliphatic heterocycles. The lowest BCUT2D eigenvalue weighted by atomic mass is 9.80. The fourth-order valence-electron chi connectivity index (χ4n) is 3.02. The zero-order valence-electron chi connectivity index (χ0n) is 12.1. The Labute approximate surface area is 116 Å². The van der Waals surface area contributed by atoms with Crippen molar-refractivity contribution in [2.75, 3.05) is 5.32 Å². The second kappa shape index (κ2) is 6.74. The van der Waals surface area contributed by atoms with Crippen molar-refractivity contribution >= 4 is 11.5 Å². The summed E-state index contributed by atoms with van der Waals surface area (Å²) in [5, 5.41) is 3.59. The smallest absolute Gasteiger partial charge is 0.138 e. The summed E-state index contributed by atoms with van der Waals surface area (Å²) in [5.41, 5.74) is 1.13. The first-order chi connectivity index (χ1) is 9.16. The number of rotatable bonds is 5. The first-order valence-electron chi connectivity index (χ1n) is 7.51. The van der Waals surface area contributed by atoms with Crippen molar-refractivity contribution in [2.45, 2.75) is 52.0 Å². The van der Waals surface area contributed by atoms with Gasteiger partial charge in [-0.2, -0.15) is 0 Å². The van der Waals surface area contributed by atoms with Gasteiger partial charge in [-0.05, 0) is 37.3 Å². The van der Waals surface area contributed by atoms with Crippen molar-refractivity contribution < 1.29 is 4.79 Å². The standard InChI is InChI=1S/C17H25NO/c1-13(2)12-16(15-10-6-7-11-17(15)19)18-14-8-4-3-5-9-14/h3-5,8-9,13,15-16,18H,6-7,10-12H2,1-2H3. The van der Waals surface area contributed by atoms with Crippen LogP contribution >= 0.6 is 0 Å². The molecule has 2 nitrogen and oxygen atoms in total. The highest BCUT2D eigenvalue weighted by Gasteiger charge is 2.30. The minimum atomic E-state index is 0.205. The average Bonchev–Trinajstić information content (AvgIpc) is 2.39. The number of hydrogen-bond donors (Lipinski definition) is 1. The molecule has 1 saturated carbocycles. The molecule has 2 heteroatoms. The van der Waals surface area contributed by atoms with Crippen LogP contribution in [0.2, 0.25) is 0 Å². The van der Waals surface area contributed by atoms with Gasteiger partial charge in [-0.1, -0.05) is 38.5 Å². The number of carbonyl (C=O) groups excluding carboxylic acids is 1. The molecule has 0 bridgehead atoms. The van der Waals surface area contributed by atoms with Crippen LogP contribution in [0.5, 0.6) is 0 Å². The highest BCUT2D eigenvalue weighted by molar-refractivity contribution is 5.82. The Bertz CT molecular complexity index is 399. The number of carbonyl (C=O) groups is 1. The summed E-state index contributed by atoms with van der Waals surface area (Å²) in [6, 6.07) is 10.6. The van der Waals surface area contributed by atoms with Crippen LogP contribution in [0.4, 0.5) is 5.69 Å². The van der Waals surface area contributed by atoms with Gasteiger partial charge in [0, 0.05) is 24.1 Å². The molecular formula is C17H25NO. The Morgan fingerprint density at radius 3 is 2.58 bits per heavy atom. The summed E-state index contributed by atoms with van der Waals surface area (Å²) in [6.07, 6.45) is 5.16. The fraction of sp³-hybridized carbons (Fsp3) is 0.588. The molecule has 0 spiro atoms. The summed E-state index contributed by atoms with van der Waals surface area (Å²) < 4.78 is 0. The minimum absolute atomic E-state index is 0.205. The lowest BCUT2D eigenvalue weighted by molar-refractivity contribution is -0.125. The number of para-hydroxylation sites is 1. The van der Waals surface area contributed by atoms with Crippen molar-refractivity contribution in [3.05, 3.63) is 30.3 Å². The van der Waals surface area contributed by atoms with Crippen LogP contribution in [0.3, 0.4) is 0 Å². The van der Waals surface area contributed by atoms with Crippen molar-refractivity contribution in [1.29, 1.82) is 0 Å². The van der Waals surface area contributed by atoms with Gasteiger partial charge in [0.05, 0.1) is 0 Å². The molecule has 0 saturated heterocycles. The van der Waals surface area contributed by atoms with Crippen LogP contribution in [-0.2, 0) is 4.79 Å². The number of Topliss-reactive ketones (excluding diaryl/α,β-unsaturated/α-hetero) is 1. The normalized spacial score (nSPS) is 21.4. The van der Waals surface area contributed by atoms with Gasteiger partial charge in [0.1, 0.15) is 5.78 Å². The summed E-state index contributed by atoms with van der Waals surface area (Å²) in [7, 11) is 0. The van der Waals surface area contributed by atoms with E-state index in [9.17, 15) is 4.79 Å². The van der Waals surface area contributed by atoms with E-state index in [0.29, 0.717) is 11.7 Å². The molecule has 104 valence electrons. The maximum atomic E-state index is 12.2. The monoisotopic (exact) mass is 259 g/mol. The van der Waals surface area contributed by atoms with E-state index in [1.807, 2.05) is 18.2 Å². The lowest BCUT2D eigenvalue weighted by Crippen LogP contribution is -2.37. The summed E-state index contributed by atoms with van der Waals surface area (Å²) in [4.78, 5) is 12.2. The Balaban J connectivity index is 2.08. The van der Waals surface area contributed by atoms with Gasteiger partial charge >= 0.3 is 0 Å². The van der Waals surface area contributed by atoms with E-state index in [-0.39, 0.29) is 12.0 Å². The molecular weight excluding hydrogens is 234 g/mol. The van der Waals surface area contributed by atoms with E-state index in [1.165, 1.54) is 6.42 Å². The van der Waals surface area contributed by atoms with Crippen molar-refractivity contribution in [3.63, 3.8) is 0 Å². The van der Waals surface area contributed by atoms with Gasteiger partial charge < -0.3 is 5.32 Å². The molecule has 1 aromatic rings. The molecule has 1 N–H and O–H groups in total. The first kappa shape index (κ1) is 14.1. The van der Waals surface area contributed by atoms with Gasteiger partial charge in [0.25, 0.3) is 0 Å². The average molecular weight is 259 g/mol. The summed E-state index contributed by atoms with van der Waals surface area (Å²) in [6.45, 7) is 4.46. The highest BCUT2D eigenvalue weighted by Crippen LogP contribution is 2.28. The minimum Gasteiger partial charge on any atom is -0.382 e. The Morgan fingerprint density at radius 1 is 1.21 bits per heavy atom. The lowest BCUT2D eigenvalue weighted by Gasteiger charge is -2.31. The van der Waals surface area contributed by atoms with Crippen LogP contribution in [0.1, 0.15) is 46.0 Å². The number of nitrogens with one attached hydrogen (secondary N) is 1. The molecule has 0 aromatic heterocycles. The number of anilines is 1. The van der Waals surface area contributed by atoms with Crippen LogP contribution in [0.25, 0.3) is 0 Å². The molecule has 2 atom stereocenters. The van der Waals surface area contributed by atoms with Crippen LogP contribution in [0, 0.1) is 11.8 Å². The summed E-state index contributed by atoms with van der Waals surface area (Å²) >= 11 is 0. The van der Waals surface area contributed by atoms with E-state index >= 15 is 0 Å². The molecule has 1 aliphatic carbocycles.